The monoisotopic (exact) mass is 457 g/mol. The van der Waals surface area contributed by atoms with E-state index in [9.17, 15) is 9.59 Å². The van der Waals surface area contributed by atoms with Crippen LogP contribution in [0.4, 0.5) is 5.82 Å². The fraction of sp³-hybridized carbons (Fsp3) is 0.476. The lowest BCUT2D eigenvalue weighted by Crippen LogP contribution is -2.38. The minimum absolute atomic E-state index is 0.0497. The molecule has 7 nitrogen and oxygen atoms in total. The van der Waals surface area contributed by atoms with Crippen LogP contribution in [0.3, 0.4) is 0 Å². The van der Waals surface area contributed by atoms with Gasteiger partial charge in [-0.25, -0.2) is 15.0 Å². The Labute approximate surface area is 178 Å². The van der Waals surface area contributed by atoms with E-state index in [0.29, 0.717) is 30.7 Å². The maximum atomic E-state index is 12.7. The molecule has 1 N–H and O–H groups in total. The molecule has 1 fully saturated rings. The summed E-state index contributed by atoms with van der Waals surface area (Å²) in [6.07, 6.45) is 7.47. The number of pyridine rings is 1. The van der Waals surface area contributed by atoms with Crippen molar-refractivity contribution in [2.75, 3.05) is 18.4 Å². The second kappa shape index (κ2) is 8.18. The SMILES string of the molecule is CC(C)CC1C(=O)Nc2nccc(C3CCN(C(=O)c4ncc(Br)cn4)CC3)c21. The van der Waals surface area contributed by atoms with Gasteiger partial charge in [-0.2, -0.15) is 0 Å². The number of rotatable bonds is 4. The molecule has 1 saturated heterocycles. The first-order chi connectivity index (χ1) is 13.9. The van der Waals surface area contributed by atoms with Crippen LogP contribution in [0.5, 0.6) is 0 Å². The fourth-order valence-electron chi connectivity index (χ4n) is 4.30. The van der Waals surface area contributed by atoms with Gasteiger partial charge >= 0.3 is 0 Å². The minimum Gasteiger partial charge on any atom is -0.336 e. The molecule has 8 heteroatoms. The van der Waals surface area contributed by atoms with E-state index >= 15 is 0 Å². The molecule has 152 valence electrons. The highest BCUT2D eigenvalue weighted by molar-refractivity contribution is 9.10. The second-order valence-electron chi connectivity index (χ2n) is 8.13. The van der Waals surface area contributed by atoms with Crippen LogP contribution in [0.15, 0.2) is 29.1 Å². The number of aromatic nitrogens is 3. The molecule has 0 aromatic carbocycles. The zero-order valence-electron chi connectivity index (χ0n) is 16.6. The summed E-state index contributed by atoms with van der Waals surface area (Å²) < 4.78 is 0.749. The average molecular weight is 458 g/mol. The van der Waals surface area contributed by atoms with Crippen molar-refractivity contribution in [1.82, 2.24) is 19.9 Å². The van der Waals surface area contributed by atoms with E-state index in [0.717, 1.165) is 29.3 Å². The third-order valence-electron chi connectivity index (χ3n) is 5.67. The van der Waals surface area contributed by atoms with Crippen LogP contribution in [0.25, 0.3) is 0 Å². The Morgan fingerprint density at radius 2 is 1.93 bits per heavy atom. The van der Waals surface area contributed by atoms with Gasteiger partial charge in [0.2, 0.25) is 11.7 Å². The van der Waals surface area contributed by atoms with E-state index in [-0.39, 0.29) is 23.6 Å². The van der Waals surface area contributed by atoms with Crippen molar-refractivity contribution >= 4 is 33.6 Å². The number of amides is 2. The molecule has 0 aliphatic carbocycles. The summed E-state index contributed by atoms with van der Waals surface area (Å²) in [4.78, 5) is 39.6. The van der Waals surface area contributed by atoms with Crippen molar-refractivity contribution in [2.24, 2.45) is 5.92 Å². The third-order valence-corrected chi connectivity index (χ3v) is 6.08. The molecule has 0 saturated carbocycles. The highest BCUT2D eigenvalue weighted by Gasteiger charge is 2.37. The van der Waals surface area contributed by atoms with Crippen molar-refractivity contribution in [3.63, 3.8) is 0 Å². The standard InChI is InChI=1S/C21H24BrN5O2/c1-12(2)9-16-17-15(3-6-23-18(17)26-20(16)28)13-4-7-27(8-5-13)21(29)19-24-10-14(22)11-25-19/h3,6,10-13,16H,4-5,7-9H2,1-2H3,(H,23,26,28). The van der Waals surface area contributed by atoms with Crippen molar-refractivity contribution in [3.8, 4) is 0 Å². The Morgan fingerprint density at radius 1 is 1.24 bits per heavy atom. The Bertz CT molecular complexity index is 923. The normalized spacial score (nSPS) is 19.4. The zero-order valence-corrected chi connectivity index (χ0v) is 18.1. The van der Waals surface area contributed by atoms with Crippen molar-refractivity contribution in [2.45, 2.75) is 44.9 Å². The molecule has 1 atom stereocenters. The molecule has 0 spiro atoms. The number of anilines is 1. The van der Waals surface area contributed by atoms with Gasteiger partial charge in [-0.15, -0.1) is 0 Å². The Kier molecular flexibility index (Phi) is 5.63. The molecule has 2 aromatic rings. The van der Waals surface area contributed by atoms with Gasteiger partial charge in [-0.05, 0) is 58.7 Å². The number of likely N-dealkylation sites (tertiary alicyclic amines) is 1. The molecule has 2 aromatic heterocycles. The highest BCUT2D eigenvalue weighted by atomic mass is 79.9. The predicted molar refractivity (Wildman–Crippen MR) is 113 cm³/mol. The number of piperidine rings is 1. The van der Waals surface area contributed by atoms with Crippen LogP contribution in [0.2, 0.25) is 0 Å². The van der Waals surface area contributed by atoms with Crippen molar-refractivity contribution in [1.29, 1.82) is 0 Å². The fourth-order valence-corrected chi connectivity index (χ4v) is 4.50. The zero-order chi connectivity index (χ0) is 20.5. The van der Waals surface area contributed by atoms with Gasteiger partial charge in [0.1, 0.15) is 5.82 Å². The molecule has 0 bridgehead atoms. The van der Waals surface area contributed by atoms with Gasteiger partial charge < -0.3 is 10.2 Å². The first kappa shape index (κ1) is 19.9. The molecule has 0 radical (unpaired) electrons. The maximum Gasteiger partial charge on any atom is 0.291 e. The number of carbonyl (C=O) groups is 2. The topological polar surface area (TPSA) is 88.1 Å². The van der Waals surface area contributed by atoms with Gasteiger partial charge in [0.25, 0.3) is 5.91 Å². The molecular weight excluding hydrogens is 434 g/mol. The Balaban J connectivity index is 1.50. The Morgan fingerprint density at radius 3 is 2.59 bits per heavy atom. The first-order valence-electron chi connectivity index (χ1n) is 10.0. The molecule has 2 amide bonds. The number of hydrogen-bond donors (Lipinski definition) is 1. The van der Waals surface area contributed by atoms with Gasteiger partial charge in [-0.1, -0.05) is 13.8 Å². The lowest BCUT2D eigenvalue weighted by atomic mass is 9.82. The van der Waals surface area contributed by atoms with Crippen molar-refractivity contribution in [3.05, 3.63) is 46.1 Å². The van der Waals surface area contributed by atoms with Crippen LogP contribution < -0.4 is 5.32 Å². The molecule has 2 aliphatic heterocycles. The summed E-state index contributed by atoms with van der Waals surface area (Å²) in [6.45, 7) is 5.57. The van der Waals surface area contributed by atoms with Crippen LogP contribution in [-0.4, -0.2) is 44.8 Å². The molecule has 2 aliphatic rings. The Hall–Kier alpha value is -2.35. The van der Waals surface area contributed by atoms with Gasteiger partial charge in [-0.3, -0.25) is 9.59 Å². The number of nitrogens with zero attached hydrogens (tertiary/aromatic N) is 4. The predicted octanol–water partition coefficient (Wildman–Crippen LogP) is 3.74. The summed E-state index contributed by atoms with van der Waals surface area (Å²) in [5, 5.41) is 2.95. The number of hydrogen-bond acceptors (Lipinski definition) is 5. The van der Waals surface area contributed by atoms with E-state index in [1.54, 1.807) is 18.6 Å². The van der Waals surface area contributed by atoms with Gasteiger partial charge in [0, 0.05) is 37.2 Å². The summed E-state index contributed by atoms with van der Waals surface area (Å²) in [6, 6.07) is 2.05. The van der Waals surface area contributed by atoms with Gasteiger partial charge in [0.15, 0.2) is 0 Å². The van der Waals surface area contributed by atoms with E-state index in [1.165, 1.54) is 5.56 Å². The lowest BCUT2D eigenvalue weighted by molar-refractivity contribution is -0.117. The lowest BCUT2D eigenvalue weighted by Gasteiger charge is -2.33. The van der Waals surface area contributed by atoms with Crippen LogP contribution in [-0.2, 0) is 4.79 Å². The largest absolute Gasteiger partial charge is 0.336 e. The van der Waals surface area contributed by atoms with E-state index in [1.807, 2.05) is 11.0 Å². The number of fused-ring (bicyclic) bond motifs is 1. The summed E-state index contributed by atoms with van der Waals surface area (Å²) in [7, 11) is 0. The summed E-state index contributed by atoms with van der Waals surface area (Å²) in [5.41, 5.74) is 2.26. The van der Waals surface area contributed by atoms with Crippen LogP contribution >= 0.6 is 15.9 Å². The van der Waals surface area contributed by atoms with Crippen LogP contribution in [0.1, 0.15) is 66.7 Å². The molecular formula is C21H24BrN5O2. The van der Waals surface area contributed by atoms with E-state index in [4.69, 9.17) is 0 Å². The van der Waals surface area contributed by atoms with Crippen molar-refractivity contribution < 1.29 is 9.59 Å². The minimum atomic E-state index is -0.135. The first-order valence-corrected chi connectivity index (χ1v) is 10.8. The van der Waals surface area contributed by atoms with Gasteiger partial charge in [0.05, 0.1) is 10.4 Å². The quantitative estimate of drug-likeness (QED) is 0.755. The molecule has 4 heterocycles. The number of carbonyl (C=O) groups excluding carboxylic acids is 2. The smallest absolute Gasteiger partial charge is 0.291 e. The molecule has 29 heavy (non-hydrogen) atoms. The van der Waals surface area contributed by atoms with Crippen LogP contribution in [0, 0.1) is 5.92 Å². The third kappa shape index (κ3) is 4.03. The number of nitrogens with one attached hydrogen (secondary N) is 1. The van der Waals surface area contributed by atoms with E-state index < -0.39 is 0 Å². The number of halogens is 1. The summed E-state index contributed by atoms with van der Waals surface area (Å²) in [5.74, 6) is 1.45. The second-order valence-corrected chi connectivity index (χ2v) is 9.04. The molecule has 4 rings (SSSR count). The highest BCUT2D eigenvalue weighted by Crippen LogP contribution is 2.42. The maximum absolute atomic E-state index is 12.7. The summed E-state index contributed by atoms with van der Waals surface area (Å²) >= 11 is 3.29. The van der Waals surface area contributed by atoms with E-state index in [2.05, 4.69) is 50.0 Å². The molecule has 1 unspecified atom stereocenters. The average Bonchev–Trinajstić information content (AvgIpc) is 3.03.